The molecule has 0 N–H and O–H groups in total. The third kappa shape index (κ3) is 4.59. The Kier molecular flexibility index (Phi) is 5.68. The fourth-order valence-electron chi connectivity index (χ4n) is 3.21. The van der Waals surface area contributed by atoms with Crippen molar-refractivity contribution in [3.05, 3.63) is 47.6 Å². The van der Waals surface area contributed by atoms with Crippen molar-refractivity contribution in [1.82, 2.24) is 19.9 Å². The Bertz CT molecular complexity index is 660. The van der Waals surface area contributed by atoms with Crippen LogP contribution in [0.25, 0.3) is 0 Å². The Morgan fingerprint density at radius 1 is 0.792 bits per heavy atom. The Hall–Kier alpha value is -1.84. The quantitative estimate of drug-likeness (QED) is 0.692. The smallest absolute Gasteiger partial charge is 0.125 e. The number of rotatable bonds is 7. The molecule has 0 amide bonds. The van der Waals surface area contributed by atoms with Gasteiger partial charge in [0.1, 0.15) is 12.2 Å². The molecule has 0 spiro atoms. The van der Waals surface area contributed by atoms with Gasteiger partial charge >= 0.3 is 0 Å². The number of hydrogen-bond donors (Lipinski definition) is 0. The number of aromatic nitrogens is 4. The predicted octanol–water partition coefficient (Wildman–Crippen LogP) is 4.70. The van der Waals surface area contributed by atoms with Crippen LogP contribution in [-0.4, -0.2) is 19.9 Å². The minimum Gasteiger partial charge on any atom is -0.244 e. The Morgan fingerprint density at radius 3 is 1.96 bits per heavy atom. The Labute approximate surface area is 146 Å². The zero-order valence-electron chi connectivity index (χ0n) is 15.9. The maximum atomic E-state index is 4.34. The molecule has 0 radical (unpaired) electrons. The van der Waals surface area contributed by atoms with E-state index in [9.17, 15) is 0 Å². The SMILES string of the molecule is Cc1ncc(C(C)(C)CCCCC(C)(C)c2cncnc2C)cn1. The molecule has 0 atom stereocenters. The van der Waals surface area contributed by atoms with E-state index >= 15 is 0 Å². The monoisotopic (exact) mass is 326 g/mol. The first-order chi connectivity index (χ1) is 11.2. The maximum Gasteiger partial charge on any atom is 0.125 e. The van der Waals surface area contributed by atoms with Gasteiger partial charge in [-0.15, -0.1) is 0 Å². The number of unbranched alkanes of at least 4 members (excludes halogenated alkanes) is 1. The number of nitrogens with zero attached hydrogens (tertiary/aromatic N) is 4. The van der Waals surface area contributed by atoms with E-state index in [0.717, 1.165) is 24.4 Å². The van der Waals surface area contributed by atoms with Gasteiger partial charge in [0.15, 0.2) is 0 Å². The predicted molar refractivity (Wildman–Crippen MR) is 98.1 cm³/mol. The summed E-state index contributed by atoms with van der Waals surface area (Å²) in [5.41, 5.74) is 3.80. The van der Waals surface area contributed by atoms with Crippen LogP contribution in [0, 0.1) is 13.8 Å². The molecule has 2 heterocycles. The highest BCUT2D eigenvalue weighted by Gasteiger charge is 2.25. The lowest BCUT2D eigenvalue weighted by Gasteiger charge is -2.28. The maximum absolute atomic E-state index is 4.34. The molecule has 0 unspecified atom stereocenters. The van der Waals surface area contributed by atoms with E-state index in [4.69, 9.17) is 0 Å². The van der Waals surface area contributed by atoms with Crippen LogP contribution in [0.3, 0.4) is 0 Å². The lowest BCUT2D eigenvalue weighted by molar-refractivity contribution is 0.400. The van der Waals surface area contributed by atoms with E-state index in [1.165, 1.54) is 24.0 Å². The molecule has 0 bridgehead atoms. The largest absolute Gasteiger partial charge is 0.244 e. The molecule has 4 heteroatoms. The third-order valence-corrected chi connectivity index (χ3v) is 5.06. The average Bonchev–Trinajstić information content (AvgIpc) is 2.52. The summed E-state index contributed by atoms with van der Waals surface area (Å²) in [6.07, 6.45) is 12.2. The highest BCUT2D eigenvalue weighted by molar-refractivity contribution is 5.23. The van der Waals surface area contributed by atoms with Gasteiger partial charge in [-0.25, -0.2) is 19.9 Å². The molecule has 0 saturated carbocycles. The second kappa shape index (κ2) is 7.37. The standard InChI is InChI=1S/C20H30N4/c1-15-18(13-21-14-24-15)20(5,6)10-8-7-9-19(3,4)17-11-22-16(2)23-12-17/h11-14H,7-10H2,1-6H3. The third-order valence-electron chi connectivity index (χ3n) is 5.06. The topological polar surface area (TPSA) is 51.6 Å². The minimum absolute atomic E-state index is 0.114. The van der Waals surface area contributed by atoms with Crippen molar-refractivity contribution in [2.24, 2.45) is 0 Å². The van der Waals surface area contributed by atoms with E-state index in [2.05, 4.69) is 54.6 Å². The molecule has 0 aliphatic rings. The van der Waals surface area contributed by atoms with E-state index in [0.29, 0.717) is 0 Å². The zero-order chi connectivity index (χ0) is 17.8. The lowest BCUT2D eigenvalue weighted by Crippen LogP contribution is -2.21. The summed E-state index contributed by atoms with van der Waals surface area (Å²) in [4.78, 5) is 17.2. The fourth-order valence-corrected chi connectivity index (χ4v) is 3.21. The van der Waals surface area contributed by atoms with E-state index < -0.39 is 0 Å². The van der Waals surface area contributed by atoms with Gasteiger partial charge in [-0.3, -0.25) is 0 Å². The van der Waals surface area contributed by atoms with Gasteiger partial charge in [0.2, 0.25) is 0 Å². The summed E-state index contributed by atoms with van der Waals surface area (Å²) in [6, 6.07) is 0. The van der Waals surface area contributed by atoms with Crippen LogP contribution < -0.4 is 0 Å². The Morgan fingerprint density at radius 2 is 1.38 bits per heavy atom. The second-order valence-corrected chi connectivity index (χ2v) is 8.02. The summed E-state index contributed by atoms with van der Waals surface area (Å²) in [7, 11) is 0. The van der Waals surface area contributed by atoms with Crippen molar-refractivity contribution in [2.45, 2.75) is 78.1 Å². The van der Waals surface area contributed by atoms with Crippen molar-refractivity contribution < 1.29 is 0 Å². The first-order valence-electron chi connectivity index (χ1n) is 8.78. The van der Waals surface area contributed by atoms with Crippen LogP contribution in [0.15, 0.2) is 24.9 Å². The summed E-state index contributed by atoms with van der Waals surface area (Å²) >= 11 is 0. The van der Waals surface area contributed by atoms with Crippen LogP contribution in [0.2, 0.25) is 0 Å². The molecule has 4 nitrogen and oxygen atoms in total. The van der Waals surface area contributed by atoms with Crippen molar-refractivity contribution in [3.63, 3.8) is 0 Å². The molecule has 130 valence electrons. The van der Waals surface area contributed by atoms with E-state index in [1.54, 1.807) is 6.33 Å². The first kappa shape index (κ1) is 18.5. The van der Waals surface area contributed by atoms with Crippen LogP contribution in [0.5, 0.6) is 0 Å². The number of aryl methyl sites for hydroxylation is 2. The Balaban J connectivity index is 1.90. The molecule has 0 aliphatic heterocycles. The van der Waals surface area contributed by atoms with Gasteiger partial charge in [0.25, 0.3) is 0 Å². The molecule has 0 fully saturated rings. The zero-order valence-corrected chi connectivity index (χ0v) is 15.9. The highest BCUT2D eigenvalue weighted by atomic mass is 14.8. The fraction of sp³-hybridized carbons (Fsp3) is 0.600. The molecule has 2 aromatic heterocycles. The van der Waals surface area contributed by atoms with Gasteiger partial charge < -0.3 is 0 Å². The second-order valence-electron chi connectivity index (χ2n) is 8.02. The summed E-state index contributed by atoms with van der Waals surface area (Å²) in [5.74, 6) is 0.830. The van der Waals surface area contributed by atoms with Gasteiger partial charge in [0, 0.05) is 24.3 Å². The van der Waals surface area contributed by atoms with E-state index in [-0.39, 0.29) is 10.8 Å². The number of hydrogen-bond acceptors (Lipinski definition) is 4. The van der Waals surface area contributed by atoms with Gasteiger partial charge in [-0.05, 0) is 48.6 Å². The minimum atomic E-state index is 0.114. The van der Waals surface area contributed by atoms with Crippen LogP contribution >= 0.6 is 0 Å². The van der Waals surface area contributed by atoms with Crippen molar-refractivity contribution >= 4 is 0 Å². The van der Waals surface area contributed by atoms with Gasteiger partial charge in [-0.2, -0.15) is 0 Å². The molecular weight excluding hydrogens is 296 g/mol. The van der Waals surface area contributed by atoms with Crippen molar-refractivity contribution in [3.8, 4) is 0 Å². The first-order valence-corrected chi connectivity index (χ1v) is 8.78. The molecule has 0 saturated heterocycles. The summed E-state index contributed by atoms with van der Waals surface area (Å²) < 4.78 is 0. The van der Waals surface area contributed by atoms with Gasteiger partial charge in [-0.1, -0.05) is 40.5 Å². The highest BCUT2D eigenvalue weighted by Crippen LogP contribution is 2.33. The normalized spacial score (nSPS) is 12.4. The molecule has 0 aliphatic carbocycles. The van der Waals surface area contributed by atoms with Crippen LogP contribution in [0.1, 0.15) is 76.0 Å². The molecule has 2 rings (SSSR count). The molecule has 24 heavy (non-hydrogen) atoms. The van der Waals surface area contributed by atoms with E-state index in [1.807, 2.05) is 25.5 Å². The van der Waals surface area contributed by atoms with Crippen molar-refractivity contribution in [1.29, 1.82) is 0 Å². The lowest BCUT2D eigenvalue weighted by atomic mass is 9.77. The molecular formula is C20H30N4. The van der Waals surface area contributed by atoms with Gasteiger partial charge in [0.05, 0.1) is 0 Å². The average molecular weight is 326 g/mol. The molecule has 2 aromatic rings. The summed E-state index contributed by atoms with van der Waals surface area (Å²) in [6.45, 7) is 13.1. The molecule has 0 aromatic carbocycles. The van der Waals surface area contributed by atoms with Crippen molar-refractivity contribution in [2.75, 3.05) is 0 Å². The van der Waals surface area contributed by atoms with Crippen LogP contribution in [-0.2, 0) is 10.8 Å². The van der Waals surface area contributed by atoms with Crippen LogP contribution in [0.4, 0.5) is 0 Å². The summed E-state index contributed by atoms with van der Waals surface area (Å²) in [5, 5.41) is 0.